The second-order valence-corrected chi connectivity index (χ2v) is 7.31. The van der Waals surface area contributed by atoms with Crippen molar-refractivity contribution in [3.05, 3.63) is 69.3 Å². The molecule has 0 fully saturated rings. The average Bonchev–Trinajstić information content (AvgIpc) is 2.73. The predicted octanol–water partition coefficient (Wildman–Crippen LogP) is 4.06. The number of pyridine rings is 1. The molecule has 1 amide bonds. The molecule has 0 bridgehead atoms. The van der Waals surface area contributed by atoms with Gasteiger partial charge in [-0.25, -0.2) is 4.79 Å². The number of carbonyl (C=O) groups is 2. The molecule has 8 heteroatoms. The molecule has 3 rings (SSSR count). The summed E-state index contributed by atoms with van der Waals surface area (Å²) in [4.78, 5) is 37.4. The van der Waals surface area contributed by atoms with Crippen molar-refractivity contribution in [3.8, 4) is 11.6 Å². The molecule has 0 saturated heterocycles. The number of aromatic nitrogens is 1. The Hall–Kier alpha value is -3.32. The summed E-state index contributed by atoms with van der Waals surface area (Å²) >= 11 is 6.19. The van der Waals surface area contributed by atoms with E-state index >= 15 is 0 Å². The zero-order chi connectivity index (χ0) is 21.8. The summed E-state index contributed by atoms with van der Waals surface area (Å²) in [7, 11) is 1.17. The number of benzene rings is 2. The Balaban J connectivity index is 2.35. The lowest BCUT2D eigenvalue weighted by Crippen LogP contribution is -2.31. The van der Waals surface area contributed by atoms with Gasteiger partial charge in [-0.05, 0) is 30.3 Å². The van der Waals surface area contributed by atoms with E-state index in [9.17, 15) is 14.4 Å². The van der Waals surface area contributed by atoms with Crippen LogP contribution in [0.2, 0.25) is 5.02 Å². The van der Waals surface area contributed by atoms with Crippen LogP contribution in [0.3, 0.4) is 0 Å². The first kappa shape index (κ1) is 21.4. The van der Waals surface area contributed by atoms with E-state index in [1.54, 1.807) is 48.7 Å². The molecule has 0 aliphatic carbocycles. The predicted molar refractivity (Wildman–Crippen MR) is 114 cm³/mol. The lowest BCUT2D eigenvalue weighted by atomic mass is 10.1. The van der Waals surface area contributed by atoms with Gasteiger partial charge in [0.2, 0.25) is 11.8 Å². The minimum atomic E-state index is -0.989. The second-order valence-electron chi connectivity index (χ2n) is 6.87. The molecule has 0 aliphatic rings. The van der Waals surface area contributed by atoms with Crippen LogP contribution in [-0.4, -0.2) is 23.7 Å². The molecule has 30 heavy (non-hydrogen) atoms. The third-order valence-corrected chi connectivity index (χ3v) is 4.74. The van der Waals surface area contributed by atoms with Crippen LogP contribution in [0.5, 0.6) is 5.88 Å². The van der Waals surface area contributed by atoms with Crippen molar-refractivity contribution in [2.75, 3.05) is 7.11 Å². The third kappa shape index (κ3) is 4.31. The summed E-state index contributed by atoms with van der Waals surface area (Å²) in [5, 5.41) is 3.50. The van der Waals surface area contributed by atoms with Gasteiger partial charge < -0.3 is 14.8 Å². The quantitative estimate of drug-likeness (QED) is 0.619. The summed E-state index contributed by atoms with van der Waals surface area (Å²) in [5.74, 6) is -0.552. The van der Waals surface area contributed by atoms with Gasteiger partial charge in [0.05, 0.1) is 24.7 Å². The minimum absolute atomic E-state index is 0.0446. The van der Waals surface area contributed by atoms with E-state index in [2.05, 4.69) is 10.1 Å². The van der Waals surface area contributed by atoms with Gasteiger partial charge >= 0.3 is 6.16 Å². The van der Waals surface area contributed by atoms with Crippen LogP contribution in [-0.2, 0) is 16.1 Å². The number of para-hydroxylation sites is 1. The van der Waals surface area contributed by atoms with Crippen molar-refractivity contribution in [3.63, 3.8) is 0 Å². The molecule has 3 aromatic rings. The van der Waals surface area contributed by atoms with Crippen LogP contribution in [0, 0.1) is 5.92 Å². The molecule has 0 saturated carbocycles. The molecule has 0 aliphatic heterocycles. The minimum Gasteiger partial charge on any atom is -0.437 e. The first-order valence-electron chi connectivity index (χ1n) is 9.29. The molecule has 1 heterocycles. The molecular formula is C22H21ClN2O5. The number of amides is 1. The average molecular weight is 429 g/mol. The van der Waals surface area contributed by atoms with Gasteiger partial charge in [-0.1, -0.05) is 43.6 Å². The molecule has 0 spiro atoms. The van der Waals surface area contributed by atoms with Crippen LogP contribution in [0.4, 0.5) is 4.79 Å². The van der Waals surface area contributed by atoms with Crippen LogP contribution < -0.4 is 15.5 Å². The first-order chi connectivity index (χ1) is 14.3. The van der Waals surface area contributed by atoms with Crippen LogP contribution >= 0.6 is 11.6 Å². The first-order valence-corrected chi connectivity index (χ1v) is 9.67. The molecule has 0 unspecified atom stereocenters. The van der Waals surface area contributed by atoms with Gasteiger partial charge in [0.15, 0.2) is 5.43 Å². The molecule has 2 aromatic carbocycles. The highest BCUT2D eigenvalue weighted by atomic mass is 35.5. The Morgan fingerprint density at radius 3 is 2.47 bits per heavy atom. The fourth-order valence-electron chi connectivity index (χ4n) is 2.98. The molecule has 156 valence electrons. The number of hydrogen-bond donors (Lipinski definition) is 1. The topological polar surface area (TPSA) is 86.6 Å². The maximum Gasteiger partial charge on any atom is 0.514 e. The fourth-order valence-corrected chi connectivity index (χ4v) is 3.15. The van der Waals surface area contributed by atoms with E-state index in [0.29, 0.717) is 21.6 Å². The summed E-state index contributed by atoms with van der Waals surface area (Å²) in [5.41, 5.74) is 0.835. The van der Waals surface area contributed by atoms with E-state index < -0.39 is 6.16 Å². The smallest absolute Gasteiger partial charge is 0.437 e. The maximum absolute atomic E-state index is 13.3. The van der Waals surface area contributed by atoms with Gasteiger partial charge in [0, 0.05) is 22.0 Å². The Morgan fingerprint density at radius 1 is 1.13 bits per heavy atom. The Bertz CT molecular complexity index is 1160. The van der Waals surface area contributed by atoms with E-state index in [1.807, 2.05) is 18.2 Å². The highest BCUT2D eigenvalue weighted by molar-refractivity contribution is 6.31. The Morgan fingerprint density at radius 2 is 1.83 bits per heavy atom. The van der Waals surface area contributed by atoms with Gasteiger partial charge in [-0.2, -0.15) is 0 Å². The number of rotatable bonds is 5. The van der Waals surface area contributed by atoms with Gasteiger partial charge in [0.25, 0.3) is 0 Å². The maximum atomic E-state index is 13.3. The van der Waals surface area contributed by atoms with E-state index in [-0.39, 0.29) is 35.2 Å². The molecular weight excluding hydrogens is 408 g/mol. The summed E-state index contributed by atoms with van der Waals surface area (Å²) in [6.45, 7) is 3.37. The molecule has 0 atom stereocenters. The SMILES string of the molecule is COC(=O)Oc1c(CNC(=O)C(C)C)c(=O)c2ccc(Cl)cc2n1-c1ccccc1. The number of nitrogens with one attached hydrogen (secondary N) is 1. The highest BCUT2D eigenvalue weighted by Gasteiger charge is 2.23. The number of nitrogens with zero attached hydrogens (tertiary/aromatic N) is 1. The number of halogens is 1. The van der Waals surface area contributed by atoms with E-state index in [0.717, 1.165) is 0 Å². The van der Waals surface area contributed by atoms with E-state index in [4.69, 9.17) is 16.3 Å². The monoisotopic (exact) mass is 428 g/mol. The largest absolute Gasteiger partial charge is 0.514 e. The van der Waals surface area contributed by atoms with Gasteiger partial charge in [-0.3, -0.25) is 14.2 Å². The van der Waals surface area contributed by atoms with Crippen LogP contribution in [0.1, 0.15) is 19.4 Å². The fraction of sp³-hybridized carbons (Fsp3) is 0.227. The summed E-state index contributed by atoms with van der Waals surface area (Å²) in [6, 6.07) is 13.9. The second kappa shape index (κ2) is 9.00. The Labute approximate surface area is 178 Å². The zero-order valence-corrected chi connectivity index (χ0v) is 17.5. The number of methoxy groups -OCH3 is 1. The lowest BCUT2D eigenvalue weighted by molar-refractivity contribution is -0.124. The number of fused-ring (bicyclic) bond motifs is 1. The summed E-state index contributed by atoms with van der Waals surface area (Å²) < 4.78 is 11.7. The van der Waals surface area contributed by atoms with Crippen molar-refractivity contribution >= 4 is 34.6 Å². The molecule has 0 radical (unpaired) electrons. The van der Waals surface area contributed by atoms with Crippen LogP contribution in [0.15, 0.2) is 53.3 Å². The van der Waals surface area contributed by atoms with Gasteiger partial charge in [0.1, 0.15) is 0 Å². The lowest BCUT2D eigenvalue weighted by Gasteiger charge is -2.20. The molecule has 7 nitrogen and oxygen atoms in total. The summed E-state index contributed by atoms with van der Waals surface area (Å²) in [6.07, 6.45) is -0.989. The third-order valence-electron chi connectivity index (χ3n) is 4.51. The number of ether oxygens (including phenoxy) is 2. The molecule has 1 aromatic heterocycles. The van der Waals surface area contributed by atoms with Crippen molar-refractivity contribution < 1.29 is 19.1 Å². The van der Waals surface area contributed by atoms with Crippen molar-refractivity contribution in [1.82, 2.24) is 9.88 Å². The number of carbonyl (C=O) groups excluding carboxylic acids is 2. The van der Waals surface area contributed by atoms with Gasteiger partial charge in [-0.15, -0.1) is 0 Å². The normalized spacial score (nSPS) is 10.8. The number of hydrogen-bond acceptors (Lipinski definition) is 5. The standard InChI is InChI=1S/C22H21ClN2O5/c1-13(2)20(27)24-12-17-19(26)16-10-9-14(23)11-18(16)25(15-7-5-4-6-8-15)21(17)30-22(28)29-3/h4-11,13H,12H2,1-3H3,(H,24,27). The van der Waals surface area contributed by atoms with Crippen molar-refractivity contribution in [2.45, 2.75) is 20.4 Å². The highest BCUT2D eigenvalue weighted by Crippen LogP contribution is 2.29. The molecule has 1 N–H and O–H groups in total. The van der Waals surface area contributed by atoms with Crippen molar-refractivity contribution in [1.29, 1.82) is 0 Å². The van der Waals surface area contributed by atoms with Crippen LogP contribution in [0.25, 0.3) is 16.6 Å². The Kier molecular flexibility index (Phi) is 6.42. The van der Waals surface area contributed by atoms with Crippen molar-refractivity contribution in [2.24, 2.45) is 5.92 Å². The van der Waals surface area contributed by atoms with E-state index in [1.165, 1.54) is 7.11 Å². The zero-order valence-electron chi connectivity index (χ0n) is 16.8.